The van der Waals surface area contributed by atoms with Crippen LogP contribution in [0.4, 0.5) is 0 Å². The molecule has 1 amide bonds. The topological polar surface area (TPSA) is 96.5 Å². The Morgan fingerprint density at radius 2 is 2.20 bits per heavy atom. The molecule has 2 N–H and O–H groups in total. The first-order valence-electron chi connectivity index (χ1n) is 5.80. The number of pyridine rings is 1. The molecule has 0 spiro atoms. The van der Waals surface area contributed by atoms with Crippen LogP contribution in [0.3, 0.4) is 0 Å². The number of nitrogens with zero attached hydrogens (tertiary/aromatic N) is 4. The van der Waals surface area contributed by atoms with Crippen molar-refractivity contribution in [1.29, 1.82) is 0 Å². The number of H-pyrrole nitrogens is 1. The SMILES string of the molecule is O=C(NCc1nn[nH]n1)c1cc2ccccc2c(Cl)n1. The Morgan fingerprint density at radius 3 is 3.00 bits per heavy atom. The number of carbonyl (C=O) groups excluding carboxylic acids is 1. The van der Waals surface area contributed by atoms with E-state index in [9.17, 15) is 4.79 Å². The van der Waals surface area contributed by atoms with Gasteiger partial charge >= 0.3 is 0 Å². The molecule has 3 rings (SSSR count). The number of aromatic amines is 1. The van der Waals surface area contributed by atoms with Gasteiger partial charge < -0.3 is 5.32 Å². The van der Waals surface area contributed by atoms with E-state index in [1.54, 1.807) is 6.07 Å². The zero-order valence-electron chi connectivity index (χ0n) is 10.2. The van der Waals surface area contributed by atoms with Gasteiger partial charge in [0.05, 0.1) is 6.54 Å². The summed E-state index contributed by atoms with van der Waals surface area (Å²) in [6.45, 7) is 0.168. The summed E-state index contributed by atoms with van der Waals surface area (Å²) in [5.41, 5.74) is 0.247. The highest BCUT2D eigenvalue weighted by Crippen LogP contribution is 2.22. The number of fused-ring (bicyclic) bond motifs is 1. The molecule has 0 aliphatic heterocycles. The van der Waals surface area contributed by atoms with E-state index in [-0.39, 0.29) is 18.1 Å². The van der Waals surface area contributed by atoms with Crippen LogP contribution < -0.4 is 5.32 Å². The Morgan fingerprint density at radius 1 is 1.35 bits per heavy atom. The minimum absolute atomic E-state index is 0.168. The summed E-state index contributed by atoms with van der Waals surface area (Å²) in [6, 6.07) is 9.16. The number of amides is 1. The normalized spacial score (nSPS) is 10.7. The first-order valence-corrected chi connectivity index (χ1v) is 6.17. The fourth-order valence-corrected chi connectivity index (χ4v) is 2.04. The van der Waals surface area contributed by atoms with Crippen LogP contribution in [0.25, 0.3) is 10.8 Å². The first-order chi connectivity index (χ1) is 9.74. The van der Waals surface area contributed by atoms with Crippen molar-refractivity contribution in [3.05, 3.63) is 47.0 Å². The molecule has 0 atom stereocenters. The third kappa shape index (κ3) is 2.43. The van der Waals surface area contributed by atoms with Crippen LogP contribution in [0.1, 0.15) is 16.3 Å². The monoisotopic (exact) mass is 288 g/mol. The van der Waals surface area contributed by atoms with Crippen LogP contribution in [0.15, 0.2) is 30.3 Å². The van der Waals surface area contributed by atoms with Gasteiger partial charge in [-0.1, -0.05) is 41.1 Å². The van der Waals surface area contributed by atoms with E-state index < -0.39 is 0 Å². The molecule has 0 radical (unpaired) electrons. The van der Waals surface area contributed by atoms with Crippen LogP contribution in [-0.2, 0) is 6.54 Å². The molecule has 0 aliphatic rings. The molecule has 7 nitrogen and oxygen atoms in total. The summed E-state index contributed by atoms with van der Waals surface area (Å²) < 4.78 is 0. The summed E-state index contributed by atoms with van der Waals surface area (Å²) in [5, 5.41) is 17.8. The van der Waals surface area contributed by atoms with Crippen LogP contribution >= 0.6 is 11.6 Å². The predicted octanol–water partition coefficient (Wildman–Crippen LogP) is 1.33. The lowest BCUT2D eigenvalue weighted by Gasteiger charge is -2.05. The fourth-order valence-electron chi connectivity index (χ4n) is 1.78. The molecule has 20 heavy (non-hydrogen) atoms. The van der Waals surface area contributed by atoms with Gasteiger partial charge in [-0.05, 0) is 11.5 Å². The van der Waals surface area contributed by atoms with E-state index in [2.05, 4.69) is 30.9 Å². The third-order valence-corrected chi connectivity index (χ3v) is 3.01. The van der Waals surface area contributed by atoms with Crippen molar-refractivity contribution < 1.29 is 4.79 Å². The molecule has 0 saturated heterocycles. The molecule has 2 heterocycles. The second-order valence-electron chi connectivity index (χ2n) is 4.03. The number of rotatable bonds is 3. The summed E-state index contributed by atoms with van der Waals surface area (Å²) in [5.74, 6) is 0.0488. The van der Waals surface area contributed by atoms with Gasteiger partial charge in [0, 0.05) is 5.39 Å². The van der Waals surface area contributed by atoms with Crippen molar-refractivity contribution in [3.63, 3.8) is 0 Å². The summed E-state index contributed by atoms with van der Waals surface area (Å²) in [7, 11) is 0. The Bertz CT molecular complexity index is 758. The molecule has 3 aromatic rings. The molecule has 1 aromatic carbocycles. The van der Waals surface area contributed by atoms with E-state index in [4.69, 9.17) is 11.6 Å². The van der Waals surface area contributed by atoms with Gasteiger partial charge in [-0.3, -0.25) is 4.79 Å². The maximum absolute atomic E-state index is 12.0. The largest absolute Gasteiger partial charge is 0.343 e. The predicted molar refractivity (Wildman–Crippen MR) is 72.1 cm³/mol. The van der Waals surface area contributed by atoms with E-state index in [1.165, 1.54) is 0 Å². The maximum Gasteiger partial charge on any atom is 0.270 e. The first kappa shape index (κ1) is 12.5. The minimum atomic E-state index is -0.345. The molecule has 0 saturated carbocycles. The Hall–Kier alpha value is -2.54. The van der Waals surface area contributed by atoms with E-state index in [0.29, 0.717) is 11.0 Å². The molecular formula is C12H9ClN6O. The van der Waals surface area contributed by atoms with Crippen molar-refractivity contribution in [2.24, 2.45) is 0 Å². The second-order valence-corrected chi connectivity index (χ2v) is 4.39. The number of hydrogen-bond acceptors (Lipinski definition) is 5. The molecule has 2 aromatic heterocycles. The maximum atomic E-state index is 12.0. The molecule has 100 valence electrons. The van der Waals surface area contributed by atoms with Crippen LogP contribution in [0, 0.1) is 0 Å². The van der Waals surface area contributed by atoms with Gasteiger partial charge in [0.25, 0.3) is 5.91 Å². The van der Waals surface area contributed by atoms with Crippen LogP contribution in [0.5, 0.6) is 0 Å². The number of hydrogen-bond donors (Lipinski definition) is 2. The third-order valence-electron chi connectivity index (χ3n) is 2.72. The summed E-state index contributed by atoms with van der Waals surface area (Å²) in [4.78, 5) is 16.1. The fraction of sp³-hybridized carbons (Fsp3) is 0.0833. The second kappa shape index (κ2) is 5.22. The van der Waals surface area contributed by atoms with Gasteiger partial charge in [-0.25, -0.2) is 4.98 Å². The lowest BCUT2D eigenvalue weighted by Crippen LogP contribution is -2.24. The zero-order chi connectivity index (χ0) is 13.9. The number of nitrogens with one attached hydrogen (secondary N) is 2. The molecular weight excluding hydrogens is 280 g/mol. The van der Waals surface area contributed by atoms with E-state index in [0.717, 1.165) is 10.8 Å². The zero-order valence-corrected chi connectivity index (χ0v) is 10.9. The van der Waals surface area contributed by atoms with Crippen molar-refractivity contribution in [1.82, 2.24) is 30.9 Å². The van der Waals surface area contributed by atoms with Crippen molar-refractivity contribution in [2.75, 3.05) is 0 Å². The van der Waals surface area contributed by atoms with Gasteiger partial charge in [-0.15, -0.1) is 10.2 Å². The van der Waals surface area contributed by atoms with E-state index in [1.807, 2.05) is 24.3 Å². The Labute approximate surface area is 118 Å². The van der Waals surface area contributed by atoms with Crippen molar-refractivity contribution in [2.45, 2.75) is 6.54 Å². The molecule has 0 aliphatic carbocycles. The van der Waals surface area contributed by atoms with Gasteiger partial charge in [0.1, 0.15) is 10.8 Å². The van der Waals surface area contributed by atoms with Crippen LogP contribution in [0.2, 0.25) is 5.15 Å². The van der Waals surface area contributed by atoms with Crippen LogP contribution in [-0.4, -0.2) is 31.5 Å². The number of tetrazole rings is 1. The van der Waals surface area contributed by atoms with Gasteiger partial charge in [0.15, 0.2) is 5.82 Å². The quantitative estimate of drug-likeness (QED) is 0.709. The molecule has 0 fully saturated rings. The molecule has 8 heteroatoms. The standard InChI is InChI=1S/C12H9ClN6O/c13-11-8-4-2-1-3-7(8)5-9(15-11)12(20)14-6-10-16-18-19-17-10/h1-5H,6H2,(H,14,20)(H,16,17,18,19). The average molecular weight is 289 g/mol. The number of halogens is 1. The highest BCUT2D eigenvalue weighted by molar-refractivity contribution is 6.34. The van der Waals surface area contributed by atoms with Gasteiger partial charge in [0.2, 0.25) is 0 Å². The molecule has 0 unspecified atom stereocenters. The molecule has 0 bridgehead atoms. The number of aromatic nitrogens is 5. The number of benzene rings is 1. The van der Waals surface area contributed by atoms with Crippen molar-refractivity contribution >= 4 is 28.3 Å². The lowest BCUT2D eigenvalue weighted by molar-refractivity contribution is 0.0945. The number of carbonyl (C=O) groups is 1. The van der Waals surface area contributed by atoms with Crippen molar-refractivity contribution in [3.8, 4) is 0 Å². The Kier molecular flexibility index (Phi) is 3.26. The smallest absolute Gasteiger partial charge is 0.270 e. The Balaban J connectivity index is 1.84. The minimum Gasteiger partial charge on any atom is -0.343 e. The highest BCUT2D eigenvalue weighted by atomic mass is 35.5. The summed E-state index contributed by atoms with van der Waals surface area (Å²) in [6.07, 6.45) is 0. The summed E-state index contributed by atoms with van der Waals surface area (Å²) >= 11 is 6.08. The van der Waals surface area contributed by atoms with E-state index >= 15 is 0 Å². The highest BCUT2D eigenvalue weighted by Gasteiger charge is 2.11. The van der Waals surface area contributed by atoms with Gasteiger partial charge in [-0.2, -0.15) is 5.21 Å². The lowest BCUT2D eigenvalue weighted by atomic mass is 10.1. The average Bonchev–Trinajstić information content (AvgIpc) is 2.98.